The highest BCUT2D eigenvalue weighted by molar-refractivity contribution is 7.71. The highest BCUT2D eigenvalue weighted by atomic mass is 35.5. The quantitative estimate of drug-likeness (QED) is 0.726. The molecule has 1 aromatic carbocycles. The lowest BCUT2D eigenvalue weighted by atomic mass is 10.3. The van der Waals surface area contributed by atoms with Crippen LogP contribution in [0.3, 0.4) is 0 Å². The van der Waals surface area contributed by atoms with Gasteiger partial charge in [0.25, 0.3) is 0 Å². The third kappa shape index (κ3) is 2.09. The SMILES string of the molecule is COc1cc(-n2c(=S)[nH]c3ccc(C)nc32)ccc1Cl. The standard InChI is InChI=1S/C14H12ClN3OS/c1-8-3-6-11-13(16-8)18(14(20)17-11)9-4-5-10(15)12(7-9)19-2/h3-7H,1-2H3,(H,17,20). The van der Waals surface area contributed by atoms with E-state index in [0.717, 1.165) is 22.5 Å². The molecule has 102 valence electrons. The number of halogens is 1. The van der Waals surface area contributed by atoms with Gasteiger partial charge in [-0.25, -0.2) is 4.98 Å². The first-order chi connectivity index (χ1) is 9.60. The van der Waals surface area contributed by atoms with Gasteiger partial charge in [0, 0.05) is 11.8 Å². The molecule has 2 heterocycles. The number of hydrogen-bond donors (Lipinski definition) is 1. The van der Waals surface area contributed by atoms with Crippen LogP contribution >= 0.6 is 23.8 Å². The van der Waals surface area contributed by atoms with Gasteiger partial charge >= 0.3 is 0 Å². The molecule has 0 aliphatic heterocycles. The lowest BCUT2D eigenvalue weighted by Crippen LogP contribution is -1.97. The number of hydrogen-bond acceptors (Lipinski definition) is 3. The summed E-state index contributed by atoms with van der Waals surface area (Å²) in [6.45, 7) is 1.95. The Balaban J connectivity index is 2.31. The average Bonchev–Trinajstić information content (AvgIpc) is 2.75. The van der Waals surface area contributed by atoms with Crippen molar-refractivity contribution < 1.29 is 4.74 Å². The Morgan fingerprint density at radius 1 is 1.30 bits per heavy atom. The van der Waals surface area contributed by atoms with Crippen molar-refractivity contribution in [1.82, 2.24) is 14.5 Å². The predicted octanol–water partition coefficient (Wildman–Crippen LogP) is 4.05. The van der Waals surface area contributed by atoms with Gasteiger partial charge < -0.3 is 9.72 Å². The number of H-pyrrole nitrogens is 1. The third-order valence-electron chi connectivity index (χ3n) is 3.06. The number of aromatic nitrogens is 3. The van der Waals surface area contributed by atoms with E-state index in [1.54, 1.807) is 13.2 Å². The fourth-order valence-electron chi connectivity index (χ4n) is 2.11. The van der Waals surface area contributed by atoms with Gasteiger partial charge in [0.05, 0.1) is 23.3 Å². The molecule has 0 radical (unpaired) electrons. The lowest BCUT2D eigenvalue weighted by Gasteiger charge is -2.08. The summed E-state index contributed by atoms with van der Waals surface area (Å²) in [5.74, 6) is 0.605. The average molecular weight is 306 g/mol. The number of fused-ring (bicyclic) bond motifs is 1. The van der Waals surface area contributed by atoms with Gasteiger partial charge in [-0.05, 0) is 43.4 Å². The Kier molecular flexibility index (Phi) is 3.23. The van der Waals surface area contributed by atoms with Crippen molar-refractivity contribution in [2.75, 3.05) is 7.11 Å². The summed E-state index contributed by atoms with van der Waals surface area (Å²) in [7, 11) is 1.59. The number of methoxy groups -OCH3 is 1. The van der Waals surface area contributed by atoms with Crippen molar-refractivity contribution in [3.8, 4) is 11.4 Å². The maximum absolute atomic E-state index is 6.06. The zero-order valence-electron chi connectivity index (χ0n) is 11.0. The van der Waals surface area contributed by atoms with E-state index in [2.05, 4.69) is 9.97 Å². The van der Waals surface area contributed by atoms with Gasteiger partial charge in [-0.2, -0.15) is 0 Å². The normalized spacial score (nSPS) is 10.9. The van der Waals surface area contributed by atoms with E-state index >= 15 is 0 Å². The maximum atomic E-state index is 6.06. The van der Waals surface area contributed by atoms with Gasteiger partial charge in [-0.1, -0.05) is 11.6 Å². The molecule has 4 nitrogen and oxygen atoms in total. The highest BCUT2D eigenvalue weighted by Gasteiger charge is 2.10. The summed E-state index contributed by atoms with van der Waals surface area (Å²) in [4.78, 5) is 7.69. The number of rotatable bonds is 2. The molecule has 3 rings (SSSR count). The molecule has 0 unspecified atom stereocenters. The van der Waals surface area contributed by atoms with E-state index in [-0.39, 0.29) is 0 Å². The number of benzene rings is 1. The van der Waals surface area contributed by atoms with Crippen LogP contribution in [-0.4, -0.2) is 21.6 Å². The van der Waals surface area contributed by atoms with E-state index in [9.17, 15) is 0 Å². The van der Waals surface area contributed by atoms with Crippen LogP contribution in [0.25, 0.3) is 16.9 Å². The van der Waals surface area contributed by atoms with Crippen molar-refractivity contribution in [3.05, 3.63) is 45.8 Å². The van der Waals surface area contributed by atoms with E-state index in [1.165, 1.54) is 0 Å². The molecule has 6 heteroatoms. The number of aromatic amines is 1. The number of imidazole rings is 1. The largest absolute Gasteiger partial charge is 0.495 e. The smallest absolute Gasteiger partial charge is 0.184 e. The van der Waals surface area contributed by atoms with Gasteiger partial charge in [-0.3, -0.25) is 4.57 Å². The highest BCUT2D eigenvalue weighted by Crippen LogP contribution is 2.28. The van der Waals surface area contributed by atoms with Crippen LogP contribution in [0, 0.1) is 11.7 Å². The van der Waals surface area contributed by atoms with Crippen molar-refractivity contribution in [3.63, 3.8) is 0 Å². The Morgan fingerprint density at radius 3 is 2.85 bits per heavy atom. The number of pyridine rings is 1. The molecule has 0 aliphatic rings. The fourth-order valence-corrected chi connectivity index (χ4v) is 2.60. The Labute approximate surface area is 126 Å². The minimum absolute atomic E-state index is 0.562. The molecule has 0 spiro atoms. The van der Waals surface area contributed by atoms with Crippen LogP contribution in [0.15, 0.2) is 30.3 Å². The summed E-state index contributed by atoms with van der Waals surface area (Å²) in [5.41, 5.74) is 3.48. The van der Waals surface area contributed by atoms with Crippen LogP contribution in [-0.2, 0) is 0 Å². The molecule has 0 saturated heterocycles. The molecule has 0 aliphatic carbocycles. The molecule has 0 bridgehead atoms. The van der Waals surface area contributed by atoms with Crippen LogP contribution in [0.4, 0.5) is 0 Å². The second kappa shape index (κ2) is 4.92. The molecule has 2 aromatic heterocycles. The van der Waals surface area contributed by atoms with Crippen molar-refractivity contribution in [2.45, 2.75) is 6.92 Å². The summed E-state index contributed by atoms with van der Waals surface area (Å²) in [6.07, 6.45) is 0. The number of nitrogens with one attached hydrogen (secondary N) is 1. The van der Waals surface area contributed by atoms with Crippen molar-refractivity contribution >= 4 is 35.0 Å². The predicted molar refractivity (Wildman–Crippen MR) is 82.6 cm³/mol. The van der Waals surface area contributed by atoms with Crippen molar-refractivity contribution in [2.24, 2.45) is 0 Å². The van der Waals surface area contributed by atoms with Crippen molar-refractivity contribution in [1.29, 1.82) is 0 Å². The van der Waals surface area contributed by atoms with Crippen LogP contribution in [0.1, 0.15) is 5.69 Å². The first-order valence-electron chi connectivity index (χ1n) is 6.02. The first kappa shape index (κ1) is 13.1. The monoisotopic (exact) mass is 305 g/mol. The molecule has 0 amide bonds. The lowest BCUT2D eigenvalue weighted by molar-refractivity contribution is 0.415. The van der Waals surface area contributed by atoms with Crippen LogP contribution < -0.4 is 4.74 Å². The maximum Gasteiger partial charge on any atom is 0.184 e. The van der Waals surface area contributed by atoms with Crippen LogP contribution in [0.5, 0.6) is 5.75 Å². The number of aryl methyl sites for hydroxylation is 1. The Bertz CT molecular complexity index is 853. The molecule has 0 saturated carbocycles. The zero-order valence-corrected chi connectivity index (χ0v) is 12.5. The molecule has 0 fully saturated rings. The molecule has 0 atom stereocenters. The number of ether oxygens (including phenoxy) is 1. The van der Waals surface area contributed by atoms with Gasteiger partial charge in [0.2, 0.25) is 0 Å². The zero-order chi connectivity index (χ0) is 14.3. The summed E-state index contributed by atoms with van der Waals surface area (Å²) < 4.78 is 7.71. The summed E-state index contributed by atoms with van der Waals surface area (Å²) in [6, 6.07) is 9.43. The second-order valence-corrected chi connectivity index (χ2v) is 5.20. The third-order valence-corrected chi connectivity index (χ3v) is 3.66. The summed E-state index contributed by atoms with van der Waals surface area (Å²) in [5, 5.41) is 0.562. The van der Waals surface area contributed by atoms with Crippen LogP contribution in [0.2, 0.25) is 5.02 Å². The Hall–Kier alpha value is -1.85. The van der Waals surface area contributed by atoms with Gasteiger partial charge in [0.1, 0.15) is 5.75 Å². The number of nitrogens with zero attached hydrogens (tertiary/aromatic N) is 2. The van der Waals surface area contributed by atoms with Gasteiger partial charge in [0.15, 0.2) is 10.4 Å². The van der Waals surface area contributed by atoms with E-state index in [1.807, 2.05) is 35.8 Å². The molecular formula is C14H12ClN3OS. The van der Waals surface area contributed by atoms with E-state index < -0.39 is 0 Å². The first-order valence-corrected chi connectivity index (χ1v) is 6.81. The molecular weight excluding hydrogens is 294 g/mol. The van der Waals surface area contributed by atoms with E-state index in [0.29, 0.717) is 15.5 Å². The minimum Gasteiger partial charge on any atom is -0.495 e. The Morgan fingerprint density at radius 2 is 2.10 bits per heavy atom. The molecule has 1 N–H and O–H groups in total. The topological polar surface area (TPSA) is 42.8 Å². The second-order valence-electron chi connectivity index (χ2n) is 4.41. The summed E-state index contributed by atoms with van der Waals surface area (Å²) >= 11 is 11.4. The fraction of sp³-hybridized carbons (Fsp3) is 0.143. The van der Waals surface area contributed by atoms with Gasteiger partial charge in [-0.15, -0.1) is 0 Å². The molecule has 20 heavy (non-hydrogen) atoms. The minimum atomic E-state index is 0.562. The molecule has 3 aromatic rings. The van der Waals surface area contributed by atoms with E-state index in [4.69, 9.17) is 28.6 Å².